The van der Waals surface area contributed by atoms with Gasteiger partial charge >= 0.3 is 11.9 Å². The van der Waals surface area contributed by atoms with Gasteiger partial charge in [-0.1, -0.05) is 0 Å². The van der Waals surface area contributed by atoms with Crippen molar-refractivity contribution in [1.82, 2.24) is 10.6 Å². The number of aliphatic carboxylic acids is 2. The van der Waals surface area contributed by atoms with Crippen LogP contribution in [0.15, 0.2) is 0 Å². The van der Waals surface area contributed by atoms with Gasteiger partial charge in [-0.15, -0.1) is 0 Å². The minimum absolute atomic E-state index is 0.968. The first-order valence-corrected chi connectivity index (χ1v) is 9.61. The second-order valence-electron chi connectivity index (χ2n) is 7.35. The Morgan fingerprint density at radius 2 is 0.923 bits per heavy atom. The number of hydrogen-bond acceptors (Lipinski definition) is 6. The third-order valence-electron chi connectivity index (χ3n) is 5.67. The molecule has 0 aromatic rings. The van der Waals surface area contributed by atoms with E-state index in [2.05, 4.69) is 10.6 Å². The summed E-state index contributed by atoms with van der Waals surface area (Å²) in [6, 6.07) is 0. The second kappa shape index (κ2) is 11.5. The van der Waals surface area contributed by atoms with E-state index in [4.69, 9.17) is 29.3 Å². The van der Waals surface area contributed by atoms with Gasteiger partial charge in [0, 0.05) is 26.4 Å². The zero-order valence-corrected chi connectivity index (χ0v) is 15.3. The molecule has 4 aliphatic rings. The summed E-state index contributed by atoms with van der Waals surface area (Å²) in [6.07, 6.45) is 5.19. The van der Waals surface area contributed by atoms with Gasteiger partial charge in [-0.25, -0.2) is 9.59 Å². The maximum absolute atomic E-state index is 9.10. The molecule has 4 heterocycles. The first-order valence-electron chi connectivity index (χ1n) is 9.61. The van der Waals surface area contributed by atoms with Crippen LogP contribution >= 0.6 is 0 Å². The standard InChI is InChI=1S/2C8H15NO.C2H2O4/c2*1-3-10-4-2-7(1)8-5-9-6-8;3-1(4)2(5)6/h2*7-9H,1-6H2;(H,3,4)(H,5,6). The quantitative estimate of drug-likeness (QED) is 0.515. The predicted molar refractivity (Wildman–Crippen MR) is 95.1 cm³/mol. The molecule has 0 aromatic carbocycles. The number of carboxylic acid groups (broad SMARTS) is 2. The van der Waals surface area contributed by atoms with E-state index in [1.165, 1.54) is 51.9 Å². The molecule has 4 saturated heterocycles. The minimum atomic E-state index is -1.82. The summed E-state index contributed by atoms with van der Waals surface area (Å²) in [4.78, 5) is 18.2. The zero-order valence-electron chi connectivity index (χ0n) is 15.3. The van der Waals surface area contributed by atoms with Crippen LogP contribution in [-0.2, 0) is 19.1 Å². The zero-order chi connectivity index (χ0) is 18.8. The number of ether oxygens (including phenoxy) is 2. The number of carboxylic acids is 2. The van der Waals surface area contributed by atoms with Gasteiger partial charge in [-0.05, 0) is 75.5 Å². The number of nitrogens with one attached hydrogen (secondary N) is 2. The van der Waals surface area contributed by atoms with Crippen LogP contribution in [0.5, 0.6) is 0 Å². The van der Waals surface area contributed by atoms with E-state index in [0.29, 0.717) is 0 Å². The van der Waals surface area contributed by atoms with Crippen LogP contribution in [0.2, 0.25) is 0 Å². The van der Waals surface area contributed by atoms with Crippen LogP contribution in [0.25, 0.3) is 0 Å². The maximum atomic E-state index is 9.10. The Morgan fingerprint density at radius 3 is 1.12 bits per heavy atom. The molecule has 0 aromatic heterocycles. The molecule has 0 aliphatic carbocycles. The lowest BCUT2D eigenvalue weighted by molar-refractivity contribution is -0.159. The summed E-state index contributed by atoms with van der Waals surface area (Å²) in [5.74, 6) is 0.239. The van der Waals surface area contributed by atoms with Gasteiger partial charge in [0.1, 0.15) is 0 Å². The van der Waals surface area contributed by atoms with Crippen molar-refractivity contribution in [2.45, 2.75) is 25.7 Å². The molecular formula is C18H32N2O6. The SMILES string of the molecule is C1CC(C2CNC2)CCO1.C1CC(C2CNC2)CCO1.O=C(O)C(=O)O. The van der Waals surface area contributed by atoms with Gasteiger partial charge in [-0.2, -0.15) is 0 Å². The molecule has 0 atom stereocenters. The van der Waals surface area contributed by atoms with Crippen LogP contribution in [0, 0.1) is 23.7 Å². The van der Waals surface area contributed by atoms with E-state index in [9.17, 15) is 0 Å². The predicted octanol–water partition coefficient (Wildman–Crippen LogP) is 0.420. The summed E-state index contributed by atoms with van der Waals surface area (Å²) < 4.78 is 10.6. The van der Waals surface area contributed by atoms with Crippen molar-refractivity contribution in [1.29, 1.82) is 0 Å². The Labute approximate surface area is 154 Å². The maximum Gasteiger partial charge on any atom is 0.414 e. The summed E-state index contributed by atoms with van der Waals surface area (Å²) in [6.45, 7) is 9.02. The fourth-order valence-electron chi connectivity index (χ4n) is 3.66. The van der Waals surface area contributed by atoms with E-state index < -0.39 is 11.9 Å². The smallest absolute Gasteiger partial charge is 0.414 e. The molecule has 0 unspecified atom stereocenters. The molecule has 0 amide bonds. The molecule has 8 heteroatoms. The first-order chi connectivity index (χ1) is 12.6. The fraction of sp³-hybridized carbons (Fsp3) is 0.889. The van der Waals surface area contributed by atoms with Crippen LogP contribution in [0.3, 0.4) is 0 Å². The highest BCUT2D eigenvalue weighted by atomic mass is 16.5. The summed E-state index contributed by atoms with van der Waals surface area (Å²) in [7, 11) is 0. The molecule has 4 aliphatic heterocycles. The molecule has 26 heavy (non-hydrogen) atoms. The summed E-state index contributed by atoms with van der Waals surface area (Å²) in [5, 5.41) is 21.4. The molecule has 150 valence electrons. The van der Waals surface area contributed by atoms with Crippen LogP contribution in [0.4, 0.5) is 0 Å². The lowest BCUT2D eigenvalue weighted by atomic mass is 9.82. The highest BCUT2D eigenvalue weighted by Gasteiger charge is 2.28. The Hall–Kier alpha value is -1.22. The van der Waals surface area contributed by atoms with E-state index in [-0.39, 0.29) is 0 Å². The molecule has 4 rings (SSSR count). The second-order valence-corrected chi connectivity index (χ2v) is 7.35. The van der Waals surface area contributed by atoms with Gasteiger partial charge in [0.25, 0.3) is 0 Å². The number of hydrogen-bond donors (Lipinski definition) is 4. The van der Waals surface area contributed by atoms with Crippen molar-refractivity contribution in [2.24, 2.45) is 23.7 Å². The molecule has 8 nitrogen and oxygen atoms in total. The van der Waals surface area contributed by atoms with E-state index in [1.54, 1.807) is 0 Å². The third kappa shape index (κ3) is 7.19. The van der Waals surface area contributed by atoms with E-state index in [1.807, 2.05) is 0 Å². The van der Waals surface area contributed by atoms with Gasteiger partial charge < -0.3 is 30.3 Å². The van der Waals surface area contributed by atoms with E-state index >= 15 is 0 Å². The Bertz CT molecular complexity index is 387. The van der Waals surface area contributed by atoms with Gasteiger partial charge in [0.15, 0.2) is 0 Å². The van der Waals surface area contributed by atoms with Crippen LogP contribution < -0.4 is 10.6 Å². The highest BCUT2D eigenvalue weighted by Crippen LogP contribution is 2.26. The topological polar surface area (TPSA) is 117 Å². The van der Waals surface area contributed by atoms with Crippen molar-refractivity contribution in [3.63, 3.8) is 0 Å². The Balaban J connectivity index is 0.000000146. The van der Waals surface area contributed by atoms with Crippen molar-refractivity contribution in [2.75, 3.05) is 52.6 Å². The largest absolute Gasteiger partial charge is 0.473 e. The average Bonchev–Trinajstić information content (AvgIpc) is 2.55. The van der Waals surface area contributed by atoms with Crippen LogP contribution in [-0.4, -0.2) is 74.8 Å². The summed E-state index contributed by atoms with van der Waals surface area (Å²) in [5.41, 5.74) is 0. The molecule has 0 radical (unpaired) electrons. The average molecular weight is 372 g/mol. The molecule has 4 fully saturated rings. The number of rotatable bonds is 2. The molecule has 4 N–H and O–H groups in total. The van der Waals surface area contributed by atoms with E-state index in [0.717, 1.165) is 50.1 Å². The van der Waals surface area contributed by atoms with Crippen molar-refractivity contribution >= 4 is 11.9 Å². The van der Waals surface area contributed by atoms with Gasteiger partial charge in [0.2, 0.25) is 0 Å². The third-order valence-corrected chi connectivity index (χ3v) is 5.67. The molecule has 0 saturated carbocycles. The Kier molecular flexibility index (Phi) is 9.31. The number of carbonyl (C=O) groups is 2. The Morgan fingerprint density at radius 1 is 0.615 bits per heavy atom. The lowest BCUT2D eigenvalue weighted by Gasteiger charge is -2.36. The summed E-state index contributed by atoms with van der Waals surface area (Å²) >= 11 is 0. The van der Waals surface area contributed by atoms with Gasteiger partial charge in [-0.3, -0.25) is 0 Å². The van der Waals surface area contributed by atoms with Crippen molar-refractivity contribution < 1.29 is 29.3 Å². The van der Waals surface area contributed by atoms with Crippen molar-refractivity contribution in [3.8, 4) is 0 Å². The van der Waals surface area contributed by atoms with Gasteiger partial charge in [0.05, 0.1) is 0 Å². The molecule has 0 bridgehead atoms. The lowest BCUT2D eigenvalue weighted by Crippen LogP contribution is -2.47. The van der Waals surface area contributed by atoms with Crippen LogP contribution in [0.1, 0.15) is 25.7 Å². The monoisotopic (exact) mass is 372 g/mol. The fourth-order valence-corrected chi connectivity index (χ4v) is 3.66. The molecular weight excluding hydrogens is 340 g/mol. The first kappa shape index (κ1) is 21.1. The minimum Gasteiger partial charge on any atom is -0.473 e. The van der Waals surface area contributed by atoms with Crippen molar-refractivity contribution in [3.05, 3.63) is 0 Å². The highest BCUT2D eigenvalue weighted by molar-refractivity contribution is 6.27. The molecule has 0 spiro atoms. The normalized spacial score (nSPS) is 24.8.